The predicted octanol–water partition coefficient (Wildman–Crippen LogP) is 4.02. The number of allylic oxidation sites excluding steroid dienone is 3. The van der Waals surface area contributed by atoms with E-state index >= 15 is 0 Å². The van der Waals surface area contributed by atoms with Crippen molar-refractivity contribution in [1.29, 1.82) is 0 Å². The van der Waals surface area contributed by atoms with E-state index in [1.165, 1.54) is 31.1 Å². The van der Waals surface area contributed by atoms with E-state index in [0.29, 0.717) is 24.4 Å². The Morgan fingerprint density at radius 1 is 1.18 bits per heavy atom. The van der Waals surface area contributed by atoms with Gasteiger partial charge in [-0.25, -0.2) is 4.39 Å². The van der Waals surface area contributed by atoms with Crippen molar-refractivity contribution in [3.8, 4) is 0 Å². The molecule has 0 spiro atoms. The SMILES string of the molecule is C=C.C=C(CCNC(=O)/C=C/C(=C)OC)NC(=O)CO/C=C/C=C/Cl.C=CF. The lowest BCUT2D eigenvalue weighted by Gasteiger charge is -2.08. The van der Waals surface area contributed by atoms with Gasteiger partial charge in [0.1, 0.15) is 5.76 Å². The Hall–Kier alpha value is -3.06. The zero-order chi connectivity index (χ0) is 22.2. The Balaban J connectivity index is -0.00000113. The first-order valence-electron chi connectivity index (χ1n) is 7.82. The molecule has 0 aliphatic carbocycles. The van der Waals surface area contributed by atoms with Crippen LogP contribution in [0.2, 0.25) is 0 Å². The highest BCUT2D eigenvalue weighted by Crippen LogP contribution is 1.94. The van der Waals surface area contributed by atoms with Gasteiger partial charge in [-0.05, 0) is 18.2 Å². The first kappa shape index (κ1) is 29.7. The molecule has 0 aliphatic heterocycles. The fourth-order valence-corrected chi connectivity index (χ4v) is 1.28. The number of ether oxygens (including phenoxy) is 2. The van der Waals surface area contributed by atoms with Gasteiger partial charge in [0.2, 0.25) is 5.91 Å². The van der Waals surface area contributed by atoms with Crippen LogP contribution in [-0.2, 0) is 19.1 Å². The summed E-state index contributed by atoms with van der Waals surface area (Å²) in [4.78, 5) is 22.9. The molecule has 0 aromatic heterocycles. The van der Waals surface area contributed by atoms with E-state index in [9.17, 15) is 14.0 Å². The number of carbonyl (C=O) groups excluding carboxylic acids is 2. The molecule has 6 nitrogen and oxygen atoms in total. The number of methoxy groups -OCH3 is 1. The van der Waals surface area contributed by atoms with Crippen LogP contribution in [0, 0.1) is 0 Å². The Kier molecular flexibility index (Phi) is 25.4. The second-order valence-electron chi connectivity index (χ2n) is 4.31. The smallest absolute Gasteiger partial charge is 0.261 e. The Morgan fingerprint density at radius 2 is 1.79 bits per heavy atom. The second kappa shape index (κ2) is 23.9. The molecule has 0 bridgehead atoms. The van der Waals surface area contributed by atoms with Crippen molar-refractivity contribution in [3.05, 3.63) is 86.8 Å². The minimum atomic E-state index is -0.336. The van der Waals surface area contributed by atoms with E-state index in [1.54, 1.807) is 12.2 Å². The fourth-order valence-electron chi connectivity index (χ4n) is 1.19. The molecule has 0 rings (SSSR count). The Bertz CT molecular complexity index is 573. The van der Waals surface area contributed by atoms with Crippen LogP contribution in [0.1, 0.15) is 6.42 Å². The molecule has 0 unspecified atom stereocenters. The normalized spacial score (nSPS) is 9.54. The number of carbonyl (C=O) groups is 2. The second-order valence-corrected chi connectivity index (χ2v) is 4.56. The van der Waals surface area contributed by atoms with Crippen molar-refractivity contribution in [2.45, 2.75) is 6.42 Å². The van der Waals surface area contributed by atoms with Gasteiger partial charge in [-0.2, -0.15) is 0 Å². The molecule has 0 radical (unpaired) electrons. The van der Waals surface area contributed by atoms with Crippen LogP contribution >= 0.6 is 11.6 Å². The Labute approximate surface area is 171 Å². The largest absolute Gasteiger partial charge is 0.497 e. The van der Waals surface area contributed by atoms with Crippen molar-refractivity contribution >= 4 is 23.4 Å². The van der Waals surface area contributed by atoms with Gasteiger partial charge in [0.25, 0.3) is 5.91 Å². The van der Waals surface area contributed by atoms with Crippen molar-refractivity contribution in [1.82, 2.24) is 10.6 Å². The molecule has 0 aromatic carbocycles. The van der Waals surface area contributed by atoms with Gasteiger partial charge in [0.15, 0.2) is 6.61 Å². The van der Waals surface area contributed by atoms with Crippen LogP contribution in [0.25, 0.3) is 0 Å². The third-order valence-electron chi connectivity index (χ3n) is 2.30. The third-order valence-corrected chi connectivity index (χ3v) is 2.44. The standard InChI is InChI=1S/C16H21ClN2O4.C2H3F.C2H4/c1-13(19-16(21)12-23-11-5-4-9-17)8-10-18-15(20)7-6-14(2)22-3;1-2-3;1-2/h4-7,9,11H,1-2,8,10,12H2,3H3,(H,18,20)(H,19,21);2H,1H2;1-2H2/b7-6+,9-4+,11-5+;;. The highest BCUT2D eigenvalue weighted by atomic mass is 35.5. The topological polar surface area (TPSA) is 76.7 Å². The van der Waals surface area contributed by atoms with Crippen molar-refractivity contribution < 1.29 is 23.5 Å². The molecule has 0 atom stereocenters. The Morgan fingerprint density at radius 3 is 2.32 bits per heavy atom. The van der Waals surface area contributed by atoms with Crippen molar-refractivity contribution in [2.24, 2.45) is 0 Å². The molecule has 2 amide bonds. The van der Waals surface area contributed by atoms with Gasteiger partial charge in [-0.3, -0.25) is 9.59 Å². The summed E-state index contributed by atoms with van der Waals surface area (Å²) in [5.41, 5.74) is 1.80. The quantitative estimate of drug-likeness (QED) is 0.232. The van der Waals surface area contributed by atoms with Crippen LogP contribution in [0.5, 0.6) is 0 Å². The summed E-state index contributed by atoms with van der Waals surface area (Å²) >= 11 is 5.30. The molecule has 0 saturated carbocycles. The molecular weight excluding hydrogens is 387 g/mol. The summed E-state index contributed by atoms with van der Waals surface area (Å²) in [5.74, 6) is -0.243. The summed E-state index contributed by atoms with van der Waals surface area (Å²) in [5, 5.41) is 5.20. The van der Waals surface area contributed by atoms with E-state index < -0.39 is 0 Å². The maximum atomic E-state index is 11.5. The predicted molar refractivity (Wildman–Crippen MR) is 113 cm³/mol. The van der Waals surface area contributed by atoms with Crippen LogP contribution in [0.3, 0.4) is 0 Å². The lowest BCUT2D eigenvalue weighted by Crippen LogP contribution is -2.29. The number of hydrogen-bond acceptors (Lipinski definition) is 4. The molecule has 28 heavy (non-hydrogen) atoms. The van der Waals surface area contributed by atoms with E-state index in [-0.39, 0.29) is 24.8 Å². The van der Waals surface area contributed by atoms with Gasteiger partial charge < -0.3 is 20.1 Å². The maximum absolute atomic E-state index is 11.5. The van der Waals surface area contributed by atoms with Gasteiger partial charge in [0.05, 0.1) is 19.7 Å². The van der Waals surface area contributed by atoms with Crippen molar-refractivity contribution in [3.63, 3.8) is 0 Å². The summed E-state index contributed by atoms with van der Waals surface area (Å²) in [6.45, 7) is 16.1. The minimum Gasteiger partial charge on any atom is -0.497 e. The maximum Gasteiger partial charge on any atom is 0.261 e. The molecule has 156 valence electrons. The molecule has 0 aromatic rings. The highest BCUT2D eigenvalue weighted by molar-refractivity contribution is 6.25. The van der Waals surface area contributed by atoms with Crippen LogP contribution < -0.4 is 10.6 Å². The highest BCUT2D eigenvalue weighted by Gasteiger charge is 2.03. The number of rotatable bonds is 11. The molecule has 2 N–H and O–H groups in total. The van der Waals surface area contributed by atoms with Gasteiger partial charge >= 0.3 is 0 Å². The lowest BCUT2D eigenvalue weighted by molar-refractivity contribution is -0.123. The summed E-state index contributed by atoms with van der Waals surface area (Å²) in [7, 11) is 1.46. The summed E-state index contributed by atoms with van der Waals surface area (Å²) in [6.07, 6.45) is 7.87. The van der Waals surface area contributed by atoms with Crippen LogP contribution in [0.15, 0.2) is 86.8 Å². The summed E-state index contributed by atoms with van der Waals surface area (Å²) < 4.78 is 19.8. The molecular formula is C20H28ClFN2O4. The van der Waals surface area contributed by atoms with E-state index in [0.717, 1.165) is 0 Å². The first-order valence-corrected chi connectivity index (χ1v) is 8.25. The zero-order valence-corrected chi connectivity index (χ0v) is 16.8. The average molecular weight is 415 g/mol. The van der Waals surface area contributed by atoms with E-state index in [4.69, 9.17) is 21.1 Å². The zero-order valence-electron chi connectivity index (χ0n) is 16.1. The fraction of sp³-hybridized carbons (Fsp3) is 0.200. The minimum absolute atomic E-state index is 0.139. The van der Waals surface area contributed by atoms with Gasteiger partial charge in [-0.1, -0.05) is 31.3 Å². The summed E-state index contributed by atoms with van der Waals surface area (Å²) in [6, 6.07) is 0. The molecule has 0 saturated heterocycles. The van der Waals surface area contributed by atoms with Gasteiger partial charge in [-0.15, -0.1) is 13.2 Å². The first-order chi connectivity index (χ1) is 13.4. The van der Waals surface area contributed by atoms with Crippen molar-refractivity contribution in [2.75, 3.05) is 20.3 Å². The van der Waals surface area contributed by atoms with Crippen LogP contribution in [-0.4, -0.2) is 32.1 Å². The number of hydrogen-bond donors (Lipinski definition) is 2. The third kappa shape index (κ3) is 25.2. The number of halogens is 2. The molecule has 0 fully saturated rings. The van der Waals surface area contributed by atoms with Crippen LogP contribution in [0.4, 0.5) is 4.39 Å². The number of nitrogens with one attached hydrogen (secondary N) is 2. The molecule has 0 heterocycles. The monoisotopic (exact) mass is 414 g/mol. The molecule has 0 aliphatic rings. The molecule has 8 heteroatoms. The average Bonchev–Trinajstić information content (AvgIpc) is 2.68. The van der Waals surface area contributed by atoms with E-state index in [2.05, 4.69) is 43.5 Å². The number of amides is 2. The van der Waals surface area contributed by atoms with Gasteiger partial charge in [0, 0.05) is 30.3 Å². The van der Waals surface area contributed by atoms with E-state index in [1.807, 2.05) is 0 Å². The lowest BCUT2D eigenvalue weighted by atomic mass is 10.3.